The van der Waals surface area contributed by atoms with Crippen molar-refractivity contribution in [2.24, 2.45) is 0 Å². The van der Waals surface area contributed by atoms with Gasteiger partial charge in [0.05, 0.1) is 18.9 Å². The molecule has 1 aromatic carbocycles. The second-order valence-electron chi connectivity index (χ2n) is 3.81. The van der Waals surface area contributed by atoms with Crippen LogP contribution < -0.4 is 4.74 Å². The molecule has 0 aliphatic carbocycles. The number of aliphatic hydroxyl groups excluding tert-OH is 1. The molecule has 2 aromatic rings. The van der Waals surface area contributed by atoms with E-state index in [2.05, 4.69) is 4.98 Å². The first-order valence-electron chi connectivity index (χ1n) is 5.64. The Morgan fingerprint density at radius 2 is 2.00 bits per heavy atom. The standard InChI is InChI=1S/C14H15NO3/c1-17-10-11-4-2-6-13(8-11)18-14-7-3-5-12(9-16)15-14/h2-8,16H,9-10H2,1H3. The Hall–Kier alpha value is -1.91. The minimum Gasteiger partial charge on any atom is -0.439 e. The van der Waals surface area contributed by atoms with Gasteiger partial charge >= 0.3 is 0 Å². The summed E-state index contributed by atoms with van der Waals surface area (Å²) in [5.74, 6) is 1.17. The number of hydrogen-bond donors (Lipinski definition) is 1. The van der Waals surface area contributed by atoms with Crippen molar-refractivity contribution in [3.63, 3.8) is 0 Å². The monoisotopic (exact) mass is 245 g/mol. The molecule has 0 amide bonds. The Morgan fingerprint density at radius 3 is 2.78 bits per heavy atom. The average Bonchev–Trinajstić information content (AvgIpc) is 2.40. The molecule has 0 atom stereocenters. The first kappa shape index (κ1) is 12.5. The average molecular weight is 245 g/mol. The number of pyridine rings is 1. The van der Waals surface area contributed by atoms with Crippen LogP contribution in [0.2, 0.25) is 0 Å². The molecule has 1 heterocycles. The maximum Gasteiger partial charge on any atom is 0.219 e. The largest absolute Gasteiger partial charge is 0.439 e. The van der Waals surface area contributed by atoms with Crippen LogP contribution in [0.4, 0.5) is 0 Å². The third kappa shape index (κ3) is 3.29. The smallest absolute Gasteiger partial charge is 0.219 e. The van der Waals surface area contributed by atoms with Gasteiger partial charge in [0.15, 0.2) is 0 Å². The molecule has 0 spiro atoms. The number of hydrogen-bond acceptors (Lipinski definition) is 4. The van der Waals surface area contributed by atoms with Crippen molar-refractivity contribution in [3.8, 4) is 11.6 Å². The second-order valence-corrected chi connectivity index (χ2v) is 3.81. The fourth-order valence-corrected chi connectivity index (χ4v) is 1.59. The zero-order valence-electron chi connectivity index (χ0n) is 10.2. The van der Waals surface area contributed by atoms with Gasteiger partial charge in [-0.3, -0.25) is 0 Å². The van der Waals surface area contributed by atoms with Crippen molar-refractivity contribution in [2.45, 2.75) is 13.2 Å². The summed E-state index contributed by atoms with van der Waals surface area (Å²) in [5.41, 5.74) is 1.62. The Balaban J connectivity index is 2.14. The van der Waals surface area contributed by atoms with Gasteiger partial charge in [-0.05, 0) is 23.8 Å². The molecule has 94 valence electrons. The molecule has 0 aliphatic heterocycles. The molecule has 0 aliphatic rings. The van der Waals surface area contributed by atoms with Crippen LogP contribution in [-0.2, 0) is 18.0 Å². The molecule has 0 radical (unpaired) electrons. The number of benzene rings is 1. The van der Waals surface area contributed by atoms with E-state index in [4.69, 9.17) is 14.6 Å². The van der Waals surface area contributed by atoms with E-state index in [-0.39, 0.29) is 6.61 Å². The highest BCUT2D eigenvalue weighted by Gasteiger charge is 2.01. The lowest BCUT2D eigenvalue weighted by molar-refractivity contribution is 0.184. The maximum absolute atomic E-state index is 9.01. The summed E-state index contributed by atoms with van der Waals surface area (Å²) in [5, 5.41) is 9.01. The Kier molecular flexibility index (Phi) is 4.28. The summed E-state index contributed by atoms with van der Waals surface area (Å²) in [6, 6.07) is 12.9. The molecule has 4 nitrogen and oxygen atoms in total. The first-order chi connectivity index (χ1) is 8.81. The summed E-state index contributed by atoms with van der Waals surface area (Å²) in [7, 11) is 1.65. The van der Waals surface area contributed by atoms with E-state index in [1.165, 1.54) is 0 Å². The highest BCUT2D eigenvalue weighted by Crippen LogP contribution is 2.21. The molecule has 1 N–H and O–H groups in total. The van der Waals surface area contributed by atoms with Crippen LogP contribution in [0.25, 0.3) is 0 Å². The van der Waals surface area contributed by atoms with Crippen LogP contribution >= 0.6 is 0 Å². The number of nitrogens with zero attached hydrogens (tertiary/aromatic N) is 1. The molecule has 2 rings (SSSR count). The zero-order valence-corrected chi connectivity index (χ0v) is 10.2. The number of rotatable bonds is 5. The van der Waals surface area contributed by atoms with Gasteiger partial charge in [0.1, 0.15) is 5.75 Å². The van der Waals surface area contributed by atoms with Crippen molar-refractivity contribution < 1.29 is 14.6 Å². The van der Waals surface area contributed by atoms with E-state index < -0.39 is 0 Å². The molecule has 0 saturated heterocycles. The van der Waals surface area contributed by atoms with Crippen LogP contribution in [0.15, 0.2) is 42.5 Å². The minimum absolute atomic E-state index is 0.0963. The van der Waals surface area contributed by atoms with Crippen LogP contribution in [0, 0.1) is 0 Å². The number of aliphatic hydroxyl groups is 1. The SMILES string of the molecule is COCc1cccc(Oc2cccc(CO)n2)c1. The predicted octanol–water partition coefficient (Wildman–Crippen LogP) is 2.51. The summed E-state index contributed by atoms with van der Waals surface area (Å²) >= 11 is 0. The van der Waals surface area contributed by atoms with Gasteiger partial charge in [-0.2, -0.15) is 0 Å². The van der Waals surface area contributed by atoms with Crippen molar-refractivity contribution in [1.29, 1.82) is 0 Å². The summed E-state index contributed by atoms with van der Waals surface area (Å²) in [6.07, 6.45) is 0. The molecule has 0 fully saturated rings. The van der Waals surface area contributed by atoms with Gasteiger partial charge < -0.3 is 14.6 Å². The summed E-state index contributed by atoms with van der Waals surface area (Å²) < 4.78 is 10.7. The number of methoxy groups -OCH3 is 1. The maximum atomic E-state index is 9.01. The lowest BCUT2D eigenvalue weighted by atomic mass is 10.2. The quantitative estimate of drug-likeness (QED) is 0.879. The van der Waals surface area contributed by atoms with Crippen molar-refractivity contribution in [1.82, 2.24) is 4.98 Å². The third-order valence-corrected chi connectivity index (χ3v) is 2.38. The van der Waals surface area contributed by atoms with E-state index in [9.17, 15) is 0 Å². The van der Waals surface area contributed by atoms with Crippen LogP contribution in [-0.4, -0.2) is 17.2 Å². The Morgan fingerprint density at radius 1 is 1.17 bits per heavy atom. The zero-order chi connectivity index (χ0) is 12.8. The molecule has 18 heavy (non-hydrogen) atoms. The van der Waals surface area contributed by atoms with Gasteiger partial charge in [0, 0.05) is 13.2 Å². The molecule has 0 saturated carbocycles. The number of ether oxygens (including phenoxy) is 2. The normalized spacial score (nSPS) is 10.3. The number of aromatic nitrogens is 1. The van der Waals surface area contributed by atoms with Crippen molar-refractivity contribution >= 4 is 0 Å². The van der Waals surface area contributed by atoms with Crippen molar-refractivity contribution in [2.75, 3.05) is 7.11 Å². The summed E-state index contributed by atoms with van der Waals surface area (Å²) in [6.45, 7) is 0.447. The van der Waals surface area contributed by atoms with Crippen molar-refractivity contribution in [3.05, 3.63) is 53.7 Å². The summed E-state index contributed by atoms with van der Waals surface area (Å²) in [4.78, 5) is 4.16. The lowest BCUT2D eigenvalue weighted by Gasteiger charge is -2.07. The van der Waals surface area contributed by atoms with Crippen LogP contribution in [0.3, 0.4) is 0 Å². The van der Waals surface area contributed by atoms with E-state index in [1.807, 2.05) is 24.3 Å². The molecular weight excluding hydrogens is 230 g/mol. The third-order valence-electron chi connectivity index (χ3n) is 2.38. The highest BCUT2D eigenvalue weighted by atomic mass is 16.5. The van der Waals surface area contributed by atoms with E-state index in [0.29, 0.717) is 23.9 Å². The van der Waals surface area contributed by atoms with Gasteiger partial charge in [-0.25, -0.2) is 4.98 Å². The van der Waals surface area contributed by atoms with Gasteiger partial charge in [-0.1, -0.05) is 18.2 Å². The topological polar surface area (TPSA) is 51.6 Å². The Labute approximate surface area is 106 Å². The van der Waals surface area contributed by atoms with Crippen LogP contribution in [0.1, 0.15) is 11.3 Å². The minimum atomic E-state index is -0.0963. The van der Waals surface area contributed by atoms with E-state index in [0.717, 1.165) is 5.56 Å². The molecular formula is C14H15NO3. The van der Waals surface area contributed by atoms with E-state index in [1.54, 1.807) is 25.3 Å². The van der Waals surface area contributed by atoms with Crippen LogP contribution in [0.5, 0.6) is 11.6 Å². The van der Waals surface area contributed by atoms with Gasteiger partial charge in [-0.15, -0.1) is 0 Å². The predicted molar refractivity (Wildman–Crippen MR) is 67.4 cm³/mol. The van der Waals surface area contributed by atoms with Gasteiger partial charge in [0.2, 0.25) is 5.88 Å². The molecule has 4 heteroatoms. The fraction of sp³-hybridized carbons (Fsp3) is 0.214. The fourth-order valence-electron chi connectivity index (χ4n) is 1.59. The molecule has 0 bridgehead atoms. The van der Waals surface area contributed by atoms with Gasteiger partial charge in [0.25, 0.3) is 0 Å². The first-order valence-corrected chi connectivity index (χ1v) is 5.64. The van der Waals surface area contributed by atoms with E-state index >= 15 is 0 Å². The molecule has 0 unspecified atom stereocenters. The second kappa shape index (κ2) is 6.14. The molecule has 1 aromatic heterocycles. The lowest BCUT2D eigenvalue weighted by Crippen LogP contribution is -1.94. The Bertz CT molecular complexity index is 514. The highest BCUT2D eigenvalue weighted by molar-refractivity contribution is 5.31.